The summed E-state index contributed by atoms with van der Waals surface area (Å²) in [6.45, 7) is 9.33. The van der Waals surface area contributed by atoms with Crippen LogP contribution in [0.5, 0.6) is 0 Å². The lowest BCUT2D eigenvalue weighted by Gasteiger charge is -2.06. The highest BCUT2D eigenvalue weighted by Crippen LogP contribution is 2.15. The quantitative estimate of drug-likeness (QED) is 0.0689. The van der Waals surface area contributed by atoms with E-state index >= 15 is 0 Å². The lowest BCUT2D eigenvalue weighted by molar-refractivity contribution is -0.704. The molecule has 0 amide bonds. The van der Waals surface area contributed by atoms with Gasteiger partial charge in [0.05, 0.1) is 13.1 Å². The number of imidazole rings is 1. The molecule has 0 aliphatic carbocycles. The Kier molecular flexibility index (Phi) is 25.7. The zero-order chi connectivity index (χ0) is 27.4. The fourth-order valence-electron chi connectivity index (χ4n) is 6.03. The predicted octanol–water partition coefficient (Wildman–Crippen LogP) is 11.9. The molecule has 0 aliphatic rings. The minimum atomic E-state index is 1.18. The van der Waals surface area contributed by atoms with E-state index in [1.54, 1.807) is 5.82 Å². The summed E-state index contributed by atoms with van der Waals surface area (Å²) in [5.41, 5.74) is 0. The van der Waals surface area contributed by atoms with E-state index in [1.807, 2.05) is 0 Å². The van der Waals surface area contributed by atoms with Crippen LogP contribution in [0, 0.1) is 0 Å². The number of nitrogens with zero attached hydrogens (tertiary/aromatic N) is 2. The van der Waals surface area contributed by atoms with E-state index in [4.69, 9.17) is 0 Å². The first kappa shape index (κ1) is 35.2. The van der Waals surface area contributed by atoms with Gasteiger partial charge in [0.1, 0.15) is 12.4 Å². The van der Waals surface area contributed by atoms with Crippen molar-refractivity contribution in [3.05, 3.63) is 18.2 Å². The van der Waals surface area contributed by atoms with Gasteiger partial charge in [-0.15, -0.1) is 0 Å². The van der Waals surface area contributed by atoms with Crippen LogP contribution in [-0.4, -0.2) is 4.57 Å². The molecule has 0 N–H and O–H groups in total. The minimum absolute atomic E-state index is 1.18. The molecule has 0 spiro atoms. The maximum Gasteiger partial charge on any atom is 0.256 e. The summed E-state index contributed by atoms with van der Waals surface area (Å²) in [5, 5.41) is 0. The Morgan fingerprint density at radius 3 is 1.21 bits per heavy atom. The van der Waals surface area contributed by atoms with E-state index in [0.717, 1.165) is 0 Å². The largest absolute Gasteiger partial charge is 0.256 e. The average Bonchev–Trinajstić information content (AvgIpc) is 3.30. The van der Waals surface area contributed by atoms with Gasteiger partial charge in [-0.3, -0.25) is 0 Å². The summed E-state index contributed by atoms with van der Waals surface area (Å²) in [6, 6.07) is 0. The molecule has 0 saturated carbocycles. The van der Waals surface area contributed by atoms with Crippen molar-refractivity contribution < 1.29 is 4.57 Å². The van der Waals surface area contributed by atoms with Crippen LogP contribution in [0.3, 0.4) is 0 Å². The van der Waals surface area contributed by atoms with Gasteiger partial charge in [-0.05, 0) is 25.7 Å². The van der Waals surface area contributed by atoms with Crippen molar-refractivity contribution in [3.63, 3.8) is 0 Å². The van der Waals surface area contributed by atoms with Crippen molar-refractivity contribution in [1.82, 2.24) is 4.57 Å². The number of aryl methyl sites for hydroxylation is 2. The Morgan fingerprint density at radius 2 is 0.816 bits per heavy atom. The van der Waals surface area contributed by atoms with Crippen LogP contribution in [0.25, 0.3) is 0 Å². The van der Waals surface area contributed by atoms with Gasteiger partial charge in [0, 0.05) is 6.42 Å². The Bertz CT molecular complexity index is 590. The second-order valence-corrected chi connectivity index (χ2v) is 12.3. The second-order valence-electron chi connectivity index (χ2n) is 12.3. The highest BCUT2D eigenvalue weighted by molar-refractivity contribution is 4.84. The monoisotopic (exact) mass is 532 g/mol. The topological polar surface area (TPSA) is 8.81 Å². The molecule has 0 atom stereocenters. The molecule has 1 aromatic rings. The predicted molar refractivity (Wildman–Crippen MR) is 170 cm³/mol. The first-order valence-corrected chi connectivity index (χ1v) is 17.9. The summed E-state index contributed by atoms with van der Waals surface area (Å²) >= 11 is 0. The zero-order valence-corrected chi connectivity index (χ0v) is 26.8. The van der Waals surface area contributed by atoms with Crippen LogP contribution >= 0.6 is 0 Å². The number of hydrogen-bond donors (Lipinski definition) is 0. The average molecular weight is 532 g/mol. The summed E-state index contributed by atoms with van der Waals surface area (Å²) < 4.78 is 5.13. The summed E-state index contributed by atoms with van der Waals surface area (Å²) in [4.78, 5) is 0. The fourth-order valence-corrected chi connectivity index (χ4v) is 6.03. The Labute approximate surface area is 240 Å². The molecule has 0 bridgehead atoms. The first-order chi connectivity index (χ1) is 18.8. The SMILES string of the molecule is CCCCCCCCCCCCCCCCCC[n+]1ccn(CCC)c1CCCCCCCCCCCC. The molecule has 0 unspecified atom stereocenters. The van der Waals surface area contributed by atoms with E-state index in [1.165, 1.54) is 193 Å². The smallest absolute Gasteiger partial charge is 0.234 e. The Hall–Kier alpha value is -0.790. The highest BCUT2D eigenvalue weighted by Gasteiger charge is 2.15. The maximum absolute atomic E-state index is 2.59. The molecule has 0 radical (unpaired) electrons. The number of hydrogen-bond acceptors (Lipinski definition) is 0. The summed E-state index contributed by atoms with van der Waals surface area (Å²) in [7, 11) is 0. The molecule has 38 heavy (non-hydrogen) atoms. The molecule has 0 saturated heterocycles. The van der Waals surface area contributed by atoms with Crippen LogP contribution in [0.4, 0.5) is 0 Å². The molecule has 2 heteroatoms. The molecule has 0 aliphatic heterocycles. The van der Waals surface area contributed by atoms with Crippen LogP contribution in [-0.2, 0) is 19.5 Å². The van der Waals surface area contributed by atoms with Crippen LogP contribution < -0.4 is 4.57 Å². The van der Waals surface area contributed by atoms with Gasteiger partial charge in [-0.1, -0.05) is 168 Å². The van der Waals surface area contributed by atoms with Gasteiger partial charge in [0.15, 0.2) is 0 Å². The van der Waals surface area contributed by atoms with Gasteiger partial charge in [-0.2, -0.15) is 0 Å². The van der Waals surface area contributed by atoms with Gasteiger partial charge in [-0.25, -0.2) is 9.13 Å². The molecular formula is C36H71N2+. The molecule has 224 valence electrons. The van der Waals surface area contributed by atoms with Crippen molar-refractivity contribution in [3.8, 4) is 0 Å². The lowest BCUT2D eigenvalue weighted by Crippen LogP contribution is -2.37. The third-order valence-corrected chi connectivity index (χ3v) is 8.56. The van der Waals surface area contributed by atoms with E-state index in [9.17, 15) is 0 Å². The number of aromatic nitrogens is 2. The van der Waals surface area contributed by atoms with Crippen molar-refractivity contribution in [2.45, 2.75) is 214 Å². The van der Waals surface area contributed by atoms with Crippen molar-refractivity contribution >= 4 is 0 Å². The molecule has 0 fully saturated rings. The zero-order valence-electron chi connectivity index (χ0n) is 26.8. The standard InChI is InChI=1S/C36H71N2/c1-4-7-9-11-13-15-17-18-19-20-21-22-24-26-28-30-33-38-35-34-37(32-6-3)36(38)31-29-27-25-23-16-14-12-10-8-5-2/h34-35H,4-33H2,1-3H3/q+1. The van der Waals surface area contributed by atoms with Crippen LogP contribution in [0.2, 0.25) is 0 Å². The molecule has 0 aromatic carbocycles. The molecule has 1 aromatic heterocycles. The van der Waals surface area contributed by atoms with Crippen molar-refractivity contribution in [2.75, 3.05) is 0 Å². The fraction of sp³-hybridized carbons (Fsp3) is 0.917. The third kappa shape index (κ3) is 20.2. The first-order valence-electron chi connectivity index (χ1n) is 17.9. The Balaban J connectivity index is 2.04. The van der Waals surface area contributed by atoms with E-state index in [2.05, 4.69) is 42.3 Å². The summed E-state index contributed by atoms with van der Waals surface area (Å²) in [6.07, 6.45) is 44.6. The second kappa shape index (κ2) is 27.8. The normalized spacial score (nSPS) is 11.6. The molecule has 1 heterocycles. The molecular weight excluding hydrogens is 460 g/mol. The number of rotatable bonds is 30. The van der Waals surface area contributed by atoms with Gasteiger partial charge >= 0.3 is 0 Å². The lowest BCUT2D eigenvalue weighted by atomic mass is 10.0. The van der Waals surface area contributed by atoms with Crippen LogP contribution in [0.15, 0.2) is 12.4 Å². The summed E-state index contributed by atoms with van der Waals surface area (Å²) in [5.74, 6) is 1.59. The minimum Gasteiger partial charge on any atom is -0.234 e. The van der Waals surface area contributed by atoms with Gasteiger partial charge in [0.2, 0.25) is 0 Å². The molecule has 2 nitrogen and oxygen atoms in total. The van der Waals surface area contributed by atoms with E-state index in [-0.39, 0.29) is 0 Å². The van der Waals surface area contributed by atoms with Crippen molar-refractivity contribution in [2.24, 2.45) is 0 Å². The number of unbranched alkanes of at least 4 members (excludes halogenated alkanes) is 24. The highest BCUT2D eigenvalue weighted by atomic mass is 15.1. The third-order valence-electron chi connectivity index (χ3n) is 8.56. The van der Waals surface area contributed by atoms with E-state index in [0.29, 0.717) is 0 Å². The van der Waals surface area contributed by atoms with E-state index < -0.39 is 0 Å². The molecule has 1 rings (SSSR count). The maximum atomic E-state index is 2.59. The van der Waals surface area contributed by atoms with Crippen molar-refractivity contribution in [1.29, 1.82) is 0 Å². The van der Waals surface area contributed by atoms with Crippen LogP contribution in [0.1, 0.15) is 200 Å². The Morgan fingerprint density at radius 1 is 0.447 bits per heavy atom. The van der Waals surface area contributed by atoms with Gasteiger partial charge in [0.25, 0.3) is 5.82 Å². The van der Waals surface area contributed by atoms with Gasteiger partial charge < -0.3 is 0 Å².